The zero-order valence-electron chi connectivity index (χ0n) is 18.5. The van der Waals surface area contributed by atoms with E-state index in [0.29, 0.717) is 11.6 Å². The average molecular weight is 421 g/mol. The van der Waals surface area contributed by atoms with Gasteiger partial charge in [-0.2, -0.15) is 5.10 Å². The number of piperidine rings is 1. The molecule has 4 rings (SSSR count). The highest BCUT2D eigenvalue weighted by molar-refractivity contribution is 5.94. The molecule has 6 heteroatoms. The van der Waals surface area contributed by atoms with E-state index in [-0.39, 0.29) is 17.9 Å². The minimum absolute atomic E-state index is 0.0452. The molecule has 0 spiro atoms. The van der Waals surface area contributed by atoms with Gasteiger partial charge in [0.15, 0.2) is 0 Å². The number of aromatic nitrogens is 2. The largest absolute Gasteiger partial charge is 0.339 e. The van der Waals surface area contributed by atoms with Crippen molar-refractivity contribution in [3.05, 3.63) is 65.5 Å². The van der Waals surface area contributed by atoms with E-state index >= 15 is 0 Å². The standard InChI is InChI=1S/C25H32N4O2/c1-27-15-14-22(26-27)25(31)28(2)23(18-19-8-4-3-5-9-19)20-12-16-29(17-13-20)24(30)21-10-6-7-11-21/h3-5,8-10,14-15,20,23H,6-7,11-13,16-18H2,1-2H3. The topological polar surface area (TPSA) is 58.4 Å². The molecular formula is C25H32N4O2. The van der Waals surface area contributed by atoms with Crippen LogP contribution >= 0.6 is 0 Å². The minimum atomic E-state index is -0.0452. The van der Waals surface area contributed by atoms with E-state index in [1.807, 2.05) is 42.1 Å². The Bertz CT molecular complexity index is 941. The molecule has 1 aromatic carbocycles. The minimum Gasteiger partial charge on any atom is -0.339 e. The maximum Gasteiger partial charge on any atom is 0.274 e. The van der Waals surface area contributed by atoms with E-state index in [1.165, 1.54) is 5.56 Å². The number of carbonyl (C=O) groups excluding carboxylic acids is 2. The third kappa shape index (κ3) is 4.89. The third-order valence-corrected chi connectivity index (χ3v) is 6.72. The van der Waals surface area contributed by atoms with Crippen molar-refractivity contribution in [1.29, 1.82) is 0 Å². The predicted octanol–water partition coefficient (Wildman–Crippen LogP) is 3.45. The number of aryl methyl sites for hydroxylation is 1. The first-order chi connectivity index (χ1) is 15.0. The van der Waals surface area contributed by atoms with Crippen molar-refractivity contribution in [1.82, 2.24) is 19.6 Å². The van der Waals surface area contributed by atoms with E-state index < -0.39 is 0 Å². The van der Waals surface area contributed by atoms with E-state index in [1.54, 1.807) is 16.9 Å². The fourth-order valence-corrected chi connectivity index (χ4v) is 4.89. The van der Waals surface area contributed by atoms with Gasteiger partial charge in [-0.25, -0.2) is 0 Å². The second-order valence-electron chi connectivity index (χ2n) is 8.80. The molecule has 0 bridgehead atoms. The summed E-state index contributed by atoms with van der Waals surface area (Å²) < 4.78 is 1.66. The van der Waals surface area contributed by atoms with Crippen molar-refractivity contribution >= 4 is 11.8 Å². The fraction of sp³-hybridized carbons (Fsp3) is 0.480. The summed E-state index contributed by atoms with van der Waals surface area (Å²) in [5.41, 5.74) is 2.69. The molecule has 1 saturated heterocycles. The zero-order valence-corrected chi connectivity index (χ0v) is 18.5. The number of amides is 2. The van der Waals surface area contributed by atoms with E-state index in [2.05, 4.69) is 23.3 Å². The van der Waals surface area contributed by atoms with Gasteiger partial charge in [-0.05, 0) is 56.1 Å². The smallest absolute Gasteiger partial charge is 0.274 e. The Balaban J connectivity index is 1.48. The van der Waals surface area contributed by atoms with Crippen molar-refractivity contribution in [3.8, 4) is 0 Å². The first kappa shape index (κ1) is 21.3. The summed E-state index contributed by atoms with van der Waals surface area (Å²) >= 11 is 0. The Labute approximate surface area is 184 Å². The highest BCUT2D eigenvalue weighted by Gasteiger charge is 2.34. The summed E-state index contributed by atoms with van der Waals surface area (Å²) in [4.78, 5) is 29.8. The second kappa shape index (κ2) is 9.50. The Morgan fingerprint density at radius 3 is 2.52 bits per heavy atom. The number of likely N-dealkylation sites (N-methyl/N-ethyl adjacent to an activating group) is 1. The second-order valence-corrected chi connectivity index (χ2v) is 8.80. The van der Waals surface area contributed by atoms with Crippen molar-refractivity contribution in [2.24, 2.45) is 13.0 Å². The number of carbonyl (C=O) groups is 2. The normalized spacial score (nSPS) is 18.0. The molecule has 0 radical (unpaired) electrons. The van der Waals surface area contributed by atoms with Crippen LogP contribution in [-0.2, 0) is 18.3 Å². The maximum absolute atomic E-state index is 13.2. The lowest BCUT2D eigenvalue weighted by Crippen LogP contribution is -2.48. The van der Waals surface area contributed by atoms with Gasteiger partial charge in [0.05, 0.1) is 0 Å². The Morgan fingerprint density at radius 1 is 1.16 bits per heavy atom. The first-order valence-electron chi connectivity index (χ1n) is 11.3. The molecule has 31 heavy (non-hydrogen) atoms. The molecule has 2 heterocycles. The van der Waals surface area contributed by atoms with Crippen molar-refractivity contribution < 1.29 is 9.59 Å². The molecule has 164 valence electrons. The van der Waals surface area contributed by atoms with Gasteiger partial charge in [0, 0.05) is 45.0 Å². The van der Waals surface area contributed by atoms with Crippen LogP contribution in [0.1, 0.15) is 48.2 Å². The molecule has 2 amide bonds. The van der Waals surface area contributed by atoms with Crippen LogP contribution in [0.4, 0.5) is 0 Å². The fourth-order valence-electron chi connectivity index (χ4n) is 4.89. The Kier molecular flexibility index (Phi) is 6.54. The number of allylic oxidation sites excluding steroid dienone is 1. The number of nitrogens with zero attached hydrogens (tertiary/aromatic N) is 4. The molecule has 2 aromatic rings. The number of hydrogen-bond acceptors (Lipinski definition) is 3. The molecule has 2 aliphatic rings. The summed E-state index contributed by atoms with van der Waals surface area (Å²) in [6, 6.07) is 12.2. The molecule has 1 aliphatic carbocycles. The molecule has 1 aliphatic heterocycles. The third-order valence-electron chi connectivity index (χ3n) is 6.72. The number of likely N-dealkylation sites (tertiary alicyclic amines) is 1. The summed E-state index contributed by atoms with van der Waals surface area (Å²) in [5.74, 6) is 0.518. The number of rotatable bonds is 6. The monoisotopic (exact) mass is 420 g/mol. The molecule has 6 nitrogen and oxygen atoms in total. The van der Waals surface area contributed by atoms with E-state index in [0.717, 1.165) is 57.2 Å². The summed E-state index contributed by atoms with van der Waals surface area (Å²) in [5, 5.41) is 4.31. The van der Waals surface area contributed by atoms with Crippen molar-refractivity contribution in [2.75, 3.05) is 20.1 Å². The SMILES string of the molecule is CN(C(=O)c1ccn(C)n1)C(Cc1ccccc1)C1CCN(C(=O)C2=CCCC2)CC1. The van der Waals surface area contributed by atoms with Gasteiger partial charge >= 0.3 is 0 Å². The average Bonchev–Trinajstić information content (AvgIpc) is 3.49. The summed E-state index contributed by atoms with van der Waals surface area (Å²) in [7, 11) is 3.72. The Hall–Kier alpha value is -2.89. The molecule has 1 atom stereocenters. The predicted molar refractivity (Wildman–Crippen MR) is 120 cm³/mol. The van der Waals surface area contributed by atoms with Crippen molar-refractivity contribution in [2.45, 2.75) is 44.6 Å². The molecule has 0 saturated carbocycles. The highest BCUT2D eigenvalue weighted by atomic mass is 16.2. The van der Waals surface area contributed by atoms with Crippen LogP contribution in [0.5, 0.6) is 0 Å². The van der Waals surface area contributed by atoms with Gasteiger partial charge in [0.2, 0.25) is 5.91 Å². The molecular weight excluding hydrogens is 388 g/mol. The highest BCUT2D eigenvalue weighted by Crippen LogP contribution is 2.29. The quantitative estimate of drug-likeness (QED) is 0.719. The lowest BCUT2D eigenvalue weighted by Gasteiger charge is -2.40. The zero-order chi connectivity index (χ0) is 21.8. The van der Waals surface area contributed by atoms with Crippen LogP contribution < -0.4 is 0 Å². The van der Waals surface area contributed by atoms with Crippen LogP contribution in [0.3, 0.4) is 0 Å². The van der Waals surface area contributed by atoms with Crippen LogP contribution in [0.15, 0.2) is 54.2 Å². The number of hydrogen-bond donors (Lipinski definition) is 0. The van der Waals surface area contributed by atoms with Gasteiger partial charge in [-0.1, -0.05) is 36.4 Å². The van der Waals surface area contributed by atoms with Gasteiger partial charge in [-0.3, -0.25) is 14.3 Å². The van der Waals surface area contributed by atoms with E-state index in [9.17, 15) is 9.59 Å². The van der Waals surface area contributed by atoms with Crippen LogP contribution in [0.2, 0.25) is 0 Å². The first-order valence-corrected chi connectivity index (χ1v) is 11.3. The molecule has 1 aromatic heterocycles. The van der Waals surface area contributed by atoms with Crippen LogP contribution in [-0.4, -0.2) is 57.6 Å². The molecule has 1 fully saturated rings. The van der Waals surface area contributed by atoms with E-state index in [4.69, 9.17) is 0 Å². The van der Waals surface area contributed by atoms with Crippen molar-refractivity contribution in [3.63, 3.8) is 0 Å². The Morgan fingerprint density at radius 2 is 1.90 bits per heavy atom. The summed E-state index contributed by atoms with van der Waals surface area (Å²) in [6.45, 7) is 1.52. The van der Waals surface area contributed by atoms with Crippen LogP contribution in [0, 0.1) is 5.92 Å². The maximum atomic E-state index is 13.2. The van der Waals surface area contributed by atoms with Gasteiger partial charge in [0.25, 0.3) is 5.91 Å². The molecule has 0 N–H and O–H groups in total. The van der Waals surface area contributed by atoms with Gasteiger partial charge < -0.3 is 9.80 Å². The van der Waals surface area contributed by atoms with Gasteiger partial charge in [0.1, 0.15) is 5.69 Å². The number of benzene rings is 1. The van der Waals surface area contributed by atoms with Crippen LogP contribution in [0.25, 0.3) is 0 Å². The lowest BCUT2D eigenvalue weighted by molar-refractivity contribution is -0.128. The summed E-state index contributed by atoms with van der Waals surface area (Å²) in [6.07, 6.45) is 9.57. The lowest BCUT2D eigenvalue weighted by atomic mass is 9.84. The molecule has 1 unspecified atom stereocenters. The van der Waals surface area contributed by atoms with Gasteiger partial charge in [-0.15, -0.1) is 0 Å².